The van der Waals surface area contributed by atoms with Gasteiger partial charge in [-0.15, -0.1) is 24.0 Å². The van der Waals surface area contributed by atoms with Gasteiger partial charge in [-0.05, 0) is 63.4 Å². The molecule has 1 aliphatic carbocycles. The van der Waals surface area contributed by atoms with Gasteiger partial charge in [0.15, 0.2) is 5.96 Å². The number of benzene rings is 1. The van der Waals surface area contributed by atoms with E-state index < -0.39 is 0 Å². The van der Waals surface area contributed by atoms with Crippen LogP contribution in [-0.2, 0) is 11.3 Å². The number of likely N-dealkylation sites (tertiary alicyclic amines) is 1. The maximum atomic E-state index is 12.4. The van der Waals surface area contributed by atoms with Gasteiger partial charge >= 0.3 is 0 Å². The topological polar surface area (TPSA) is 68.8 Å². The molecule has 6 nitrogen and oxygen atoms in total. The molecule has 30 heavy (non-hydrogen) atoms. The first-order chi connectivity index (χ1) is 14.2. The van der Waals surface area contributed by atoms with Crippen molar-refractivity contribution in [3.63, 3.8) is 0 Å². The van der Waals surface area contributed by atoms with Crippen LogP contribution in [0.5, 0.6) is 0 Å². The van der Waals surface area contributed by atoms with Crippen molar-refractivity contribution >= 4 is 41.5 Å². The van der Waals surface area contributed by atoms with Crippen LogP contribution in [0.25, 0.3) is 0 Å². The number of rotatable bonds is 8. The highest BCUT2D eigenvalue weighted by Gasteiger charge is 2.22. The fourth-order valence-corrected chi connectivity index (χ4v) is 4.21. The summed E-state index contributed by atoms with van der Waals surface area (Å²) in [5, 5.41) is 9.86. The number of carbonyl (C=O) groups is 1. The van der Waals surface area contributed by atoms with Gasteiger partial charge in [-0.2, -0.15) is 0 Å². The Morgan fingerprint density at radius 1 is 1.10 bits per heavy atom. The second-order valence-corrected chi connectivity index (χ2v) is 8.20. The van der Waals surface area contributed by atoms with Crippen LogP contribution in [0.1, 0.15) is 57.4 Å². The highest BCUT2D eigenvalue weighted by atomic mass is 127. The predicted molar refractivity (Wildman–Crippen MR) is 136 cm³/mol. The normalized spacial score (nSPS) is 18.0. The number of hydrogen-bond donors (Lipinski definition) is 3. The number of nitrogens with zero attached hydrogens (tertiary/aromatic N) is 2. The molecule has 1 aromatic carbocycles. The van der Waals surface area contributed by atoms with Gasteiger partial charge in [-0.25, -0.2) is 4.99 Å². The van der Waals surface area contributed by atoms with Gasteiger partial charge in [0.2, 0.25) is 5.91 Å². The zero-order valence-electron chi connectivity index (χ0n) is 18.3. The van der Waals surface area contributed by atoms with Gasteiger partial charge in [0.05, 0.1) is 6.54 Å². The molecule has 0 bridgehead atoms. The fourth-order valence-electron chi connectivity index (χ4n) is 4.21. The summed E-state index contributed by atoms with van der Waals surface area (Å²) in [6.07, 6.45) is 8.39. The van der Waals surface area contributed by atoms with Crippen LogP contribution in [0.3, 0.4) is 0 Å². The highest BCUT2D eigenvalue weighted by Crippen LogP contribution is 2.26. The summed E-state index contributed by atoms with van der Waals surface area (Å²) in [6.45, 7) is 7.92. The van der Waals surface area contributed by atoms with Crippen molar-refractivity contribution in [3.05, 3.63) is 29.8 Å². The smallest absolute Gasteiger partial charge is 0.227 e. The van der Waals surface area contributed by atoms with Crippen molar-refractivity contribution in [2.24, 2.45) is 10.9 Å². The van der Waals surface area contributed by atoms with Gasteiger partial charge < -0.3 is 20.9 Å². The Hall–Kier alpha value is -1.35. The molecule has 1 aliphatic heterocycles. The lowest BCUT2D eigenvalue weighted by atomic mass is 10.1. The van der Waals surface area contributed by atoms with Crippen LogP contribution >= 0.6 is 24.0 Å². The Bertz CT molecular complexity index is 669. The van der Waals surface area contributed by atoms with E-state index in [-0.39, 0.29) is 35.8 Å². The van der Waals surface area contributed by atoms with E-state index >= 15 is 0 Å². The second kappa shape index (κ2) is 13.9. The molecule has 0 unspecified atom stereocenters. The maximum absolute atomic E-state index is 12.4. The standard InChI is InChI=1S/C23H37N5O.HI/c1-2-24-23(25-13-16-28-14-6-3-7-15-28)26-18-19-9-8-12-21(17-19)27-22(29)20-10-4-5-11-20;/h8-9,12,17,20H,2-7,10-11,13-16,18H2,1H3,(H,27,29)(H2,24,25,26);1H. The zero-order chi connectivity index (χ0) is 20.3. The minimum Gasteiger partial charge on any atom is -0.357 e. The molecule has 1 amide bonds. The number of aliphatic imine (C=N–C) groups is 1. The summed E-state index contributed by atoms with van der Waals surface area (Å²) in [5.41, 5.74) is 1.97. The lowest BCUT2D eigenvalue weighted by Gasteiger charge is -2.26. The van der Waals surface area contributed by atoms with E-state index in [0.29, 0.717) is 6.54 Å². The van der Waals surface area contributed by atoms with Gasteiger partial charge in [0.1, 0.15) is 0 Å². The van der Waals surface area contributed by atoms with Crippen LogP contribution < -0.4 is 16.0 Å². The number of carbonyl (C=O) groups excluding carboxylic acids is 1. The molecule has 2 fully saturated rings. The molecule has 2 aliphatic rings. The third-order valence-electron chi connectivity index (χ3n) is 5.85. The number of nitrogens with one attached hydrogen (secondary N) is 3. The summed E-state index contributed by atoms with van der Waals surface area (Å²) in [7, 11) is 0. The first kappa shape index (κ1) is 24.9. The van der Waals surface area contributed by atoms with E-state index in [1.165, 1.54) is 45.2 Å². The van der Waals surface area contributed by atoms with Crippen molar-refractivity contribution < 1.29 is 4.79 Å². The van der Waals surface area contributed by atoms with E-state index in [1.807, 2.05) is 18.2 Å². The average Bonchev–Trinajstić information content (AvgIpc) is 3.28. The Labute approximate surface area is 198 Å². The Balaban J connectivity index is 0.00000320. The van der Waals surface area contributed by atoms with Crippen molar-refractivity contribution in [1.82, 2.24) is 15.5 Å². The molecule has 1 saturated carbocycles. The molecule has 1 aromatic rings. The van der Waals surface area contributed by atoms with Crippen LogP contribution in [0.4, 0.5) is 5.69 Å². The SMILES string of the molecule is CCNC(=NCc1cccc(NC(=O)C2CCCC2)c1)NCCN1CCCCC1.I. The number of amides is 1. The maximum Gasteiger partial charge on any atom is 0.227 e. The average molecular weight is 527 g/mol. The van der Waals surface area contributed by atoms with Crippen LogP contribution in [0, 0.1) is 5.92 Å². The minimum absolute atomic E-state index is 0. The Morgan fingerprint density at radius 3 is 2.60 bits per heavy atom. The summed E-state index contributed by atoms with van der Waals surface area (Å²) >= 11 is 0. The monoisotopic (exact) mass is 527 g/mol. The first-order valence-electron chi connectivity index (χ1n) is 11.4. The van der Waals surface area contributed by atoms with E-state index in [2.05, 4.69) is 33.8 Å². The van der Waals surface area contributed by atoms with Crippen LogP contribution in [0.15, 0.2) is 29.3 Å². The van der Waals surface area contributed by atoms with E-state index in [0.717, 1.165) is 49.7 Å². The number of guanidine groups is 1. The predicted octanol–water partition coefficient (Wildman–Crippen LogP) is 3.97. The molecular weight excluding hydrogens is 489 g/mol. The molecule has 3 rings (SSSR count). The minimum atomic E-state index is 0. The summed E-state index contributed by atoms with van der Waals surface area (Å²) < 4.78 is 0. The van der Waals surface area contributed by atoms with Gasteiger partial charge in [-0.3, -0.25) is 4.79 Å². The summed E-state index contributed by atoms with van der Waals surface area (Å²) in [4.78, 5) is 19.6. The van der Waals surface area contributed by atoms with Gasteiger partial charge in [0, 0.05) is 31.2 Å². The van der Waals surface area contributed by atoms with Crippen LogP contribution in [0.2, 0.25) is 0 Å². The molecule has 1 saturated heterocycles. The molecule has 3 N–H and O–H groups in total. The fraction of sp³-hybridized carbons (Fsp3) is 0.652. The molecule has 7 heteroatoms. The molecular formula is C23H38IN5O. The number of anilines is 1. The highest BCUT2D eigenvalue weighted by molar-refractivity contribution is 14.0. The number of halogens is 1. The van der Waals surface area contributed by atoms with Crippen molar-refractivity contribution in [1.29, 1.82) is 0 Å². The molecule has 0 radical (unpaired) electrons. The van der Waals surface area contributed by atoms with Gasteiger partial charge in [-0.1, -0.05) is 31.4 Å². The molecule has 168 valence electrons. The Morgan fingerprint density at radius 2 is 1.87 bits per heavy atom. The van der Waals surface area contributed by atoms with E-state index in [9.17, 15) is 4.79 Å². The largest absolute Gasteiger partial charge is 0.357 e. The van der Waals surface area contributed by atoms with Crippen molar-refractivity contribution in [2.75, 3.05) is 38.0 Å². The van der Waals surface area contributed by atoms with Crippen molar-refractivity contribution in [2.45, 2.75) is 58.4 Å². The third kappa shape index (κ3) is 8.41. The quantitative estimate of drug-likeness (QED) is 0.272. The Kier molecular flexibility index (Phi) is 11.5. The van der Waals surface area contributed by atoms with E-state index in [1.54, 1.807) is 0 Å². The lowest BCUT2D eigenvalue weighted by molar-refractivity contribution is -0.119. The first-order valence-corrected chi connectivity index (χ1v) is 11.4. The molecule has 1 heterocycles. The zero-order valence-corrected chi connectivity index (χ0v) is 20.6. The third-order valence-corrected chi connectivity index (χ3v) is 5.85. The molecule has 0 aromatic heterocycles. The number of piperidine rings is 1. The lowest BCUT2D eigenvalue weighted by Crippen LogP contribution is -2.42. The van der Waals surface area contributed by atoms with Crippen LogP contribution in [-0.4, -0.2) is 49.5 Å². The van der Waals surface area contributed by atoms with Gasteiger partial charge in [0.25, 0.3) is 0 Å². The summed E-state index contributed by atoms with van der Waals surface area (Å²) in [5.74, 6) is 1.20. The van der Waals surface area contributed by atoms with E-state index in [4.69, 9.17) is 4.99 Å². The summed E-state index contributed by atoms with van der Waals surface area (Å²) in [6, 6.07) is 8.05. The van der Waals surface area contributed by atoms with Crippen molar-refractivity contribution in [3.8, 4) is 0 Å². The second-order valence-electron chi connectivity index (χ2n) is 8.20. The molecule has 0 atom stereocenters. The number of hydrogen-bond acceptors (Lipinski definition) is 3. The molecule has 0 spiro atoms.